The zero-order chi connectivity index (χ0) is 15.9. The first-order valence-electron chi connectivity index (χ1n) is 7.81. The largest absolute Gasteiger partial charge is 0.391 e. The van der Waals surface area contributed by atoms with Crippen LogP contribution in [0.2, 0.25) is 0 Å². The first kappa shape index (κ1) is 15.0. The molecule has 4 heteroatoms. The summed E-state index contributed by atoms with van der Waals surface area (Å²) < 4.78 is 0. The lowest BCUT2D eigenvalue weighted by Crippen LogP contribution is -2.46. The third-order valence-corrected chi connectivity index (χ3v) is 4.60. The molecule has 1 aromatic heterocycles. The van der Waals surface area contributed by atoms with E-state index in [1.54, 1.807) is 4.90 Å². The number of carbonyl (C=O) groups is 1. The lowest BCUT2D eigenvalue weighted by molar-refractivity contribution is 0.0248. The maximum absolute atomic E-state index is 12.8. The summed E-state index contributed by atoms with van der Waals surface area (Å²) in [6, 6.07) is 7.99. The molecule has 0 saturated carbocycles. The minimum absolute atomic E-state index is 0.0284. The van der Waals surface area contributed by atoms with E-state index in [2.05, 4.69) is 4.98 Å². The smallest absolute Gasteiger partial charge is 0.255 e. The molecule has 3 rings (SSSR count). The number of pyridine rings is 1. The van der Waals surface area contributed by atoms with Crippen molar-refractivity contribution in [2.45, 2.75) is 33.3 Å². The first-order chi connectivity index (χ1) is 10.5. The standard InChI is InChI=1S/C18H22N2O2/c1-11-4-5-16-14(8-11)9-15(13(3)19-16)18(22)20-7-6-12(2)17(21)10-20/h4-5,8-9,12,17,21H,6-7,10H2,1-3H3. The van der Waals surface area contributed by atoms with Gasteiger partial charge in [-0.25, -0.2) is 0 Å². The van der Waals surface area contributed by atoms with Crippen molar-refractivity contribution in [3.8, 4) is 0 Å². The Bertz CT molecular complexity index is 726. The quantitative estimate of drug-likeness (QED) is 0.880. The summed E-state index contributed by atoms with van der Waals surface area (Å²) in [7, 11) is 0. The highest BCUT2D eigenvalue weighted by atomic mass is 16.3. The third-order valence-electron chi connectivity index (χ3n) is 4.60. The highest BCUT2D eigenvalue weighted by molar-refractivity contribution is 5.98. The van der Waals surface area contributed by atoms with Crippen LogP contribution in [-0.4, -0.2) is 40.1 Å². The number of likely N-dealkylation sites (tertiary alicyclic amines) is 1. The molecule has 1 N–H and O–H groups in total. The SMILES string of the molecule is Cc1ccc2nc(C)c(C(=O)N3CCC(C)C(O)C3)cc2c1. The molecule has 2 unspecified atom stereocenters. The van der Waals surface area contributed by atoms with Crippen LogP contribution in [0, 0.1) is 19.8 Å². The predicted octanol–water partition coefficient (Wildman–Crippen LogP) is 2.69. The van der Waals surface area contributed by atoms with Crippen molar-refractivity contribution in [2.24, 2.45) is 5.92 Å². The van der Waals surface area contributed by atoms with E-state index in [4.69, 9.17) is 0 Å². The molecule has 0 radical (unpaired) electrons. The fourth-order valence-corrected chi connectivity index (χ4v) is 3.01. The number of hydrogen-bond donors (Lipinski definition) is 1. The number of nitrogens with zero attached hydrogens (tertiary/aromatic N) is 2. The molecule has 1 saturated heterocycles. The second kappa shape index (κ2) is 5.69. The molecule has 1 amide bonds. The Morgan fingerprint density at radius 1 is 1.32 bits per heavy atom. The van der Waals surface area contributed by atoms with E-state index >= 15 is 0 Å². The zero-order valence-electron chi connectivity index (χ0n) is 13.3. The van der Waals surface area contributed by atoms with E-state index in [0.29, 0.717) is 18.7 Å². The molecule has 116 valence electrons. The number of piperidine rings is 1. The average Bonchev–Trinajstić information content (AvgIpc) is 2.49. The highest BCUT2D eigenvalue weighted by Crippen LogP contribution is 2.22. The first-order valence-corrected chi connectivity index (χ1v) is 7.81. The third kappa shape index (κ3) is 2.71. The molecule has 0 spiro atoms. The van der Waals surface area contributed by atoms with E-state index < -0.39 is 6.10 Å². The summed E-state index contributed by atoms with van der Waals surface area (Å²) in [5, 5.41) is 11.0. The van der Waals surface area contributed by atoms with Gasteiger partial charge in [0.25, 0.3) is 5.91 Å². The van der Waals surface area contributed by atoms with Gasteiger partial charge in [0, 0.05) is 18.5 Å². The molecular weight excluding hydrogens is 276 g/mol. The summed E-state index contributed by atoms with van der Waals surface area (Å²) in [6.07, 6.45) is 0.403. The Morgan fingerprint density at radius 2 is 2.09 bits per heavy atom. The maximum atomic E-state index is 12.8. The van der Waals surface area contributed by atoms with Gasteiger partial charge in [0.15, 0.2) is 0 Å². The van der Waals surface area contributed by atoms with Crippen LogP contribution in [0.3, 0.4) is 0 Å². The van der Waals surface area contributed by atoms with E-state index in [9.17, 15) is 9.90 Å². The Balaban J connectivity index is 1.95. The number of amides is 1. The van der Waals surface area contributed by atoms with Gasteiger partial charge in [-0.3, -0.25) is 9.78 Å². The van der Waals surface area contributed by atoms with Gasteiger partial charge in [-0.1, -0.05) is 18.6 Å². The van der Waals surface area contributed by atoms with Crippen molar-refractivity contribution < 1.29 is 9.90 Å². The van der Waals surface area contributed by atoms with E-state index in [1.807, 2.05) is 45.0 Å². The molecule has 1 fully saturated rings. The van der Waals surface area contributed by atoms with Crippen LogP contribution in [0.15, 0.2) is 24.3 Å². The summed E-state index contributed by atoms with van der Waals surface area (Å²) in [6.45, 7) is 7.03. The van der Waals surface area contributed by atoms with Crippen LogP contribution in [0.5, 0.6) is 0 Å². The number of benzene rings is 1. The number of aromatic nitrogens is 1. The Labute approximate surface area is 130 Å². The molecule has 0 bridgehead atoms. The Hall–Kier alpha value is -1.94. The molecule has 1 aliphatic rings. The van der Waals surface area contributed by atoms with Crippen LogP contribution >= 0.6 is 0 Å². The minimum Gasteiger partial charge on any atom is -0.391 e. The molecule has 1 aromatic carbocycles. The lowest BCUT2D eigenvalue weighted by Gasteiger charge is -2.34. The number of aliphatic hydroxyl groups is 1. The van der Waals surface area contributed by atoms with Crippen LogP contribution in [0.4, 0.5) is 0 Å². The van der Waals surface area contributed by atoms with Gasteiger partial charge in [-0.05, 0) is 44.4 Å². The lowest BCUT2D eigenvalue weighted by atomic mass is 9.95. The van der Waals surface area contributed by atoms with Crippen molar-refractivity contribution in [1.82, 2.24) is 9.88 Å². The van der Waals surface area contributed by atoms with E-state index in [0.717, 1.165) is 28.6 Å². The van der Waals surface area contributed by atoms with Crippen molar-refractivity contribution in [3.63, 3.8) is 0 Å². The number of β-amino-alcohol motifs (C(OH)–C–C–N with tert-alkyl or cyclic N) is 1. The van der Waals surface area contributed by atoms with E-state index in [1.165, 1.54) is 0 Å². The minimum atomic E-state index is -0.436. The van der Waals surface area contributed by atoms with Crippen molar-refractivity contribution in [3.05, 3.63) is 41.1 Å². The van der Waals surface area contributed by atoms with Crippen molar-refractivity contribution in [2.75, 3.05) is 13.1 Å². The molecule has 0 aliphatic carbocycles. The van der Waals surface area contributed by atoms with Gasteiger partial charge < -0.3 is 10.0 Å². The highest BCUT2D eigenvalue weighted by Gasteiger charge is 2.28. The molecular formula is C18H22N2O2. The second-order valence-corrected chi connectivity index (χ2v) is 6.40. The van der Waals surface area contributed by atoms with Gasteiger partial charge in [0.2, 0.25) is 0 Å². The van der Waals surface area contributed by atoms with Crippen LogP contribution < -0.4 is 0 Å². The number of carbonyl (C=O) groups excluding carboxylic acids is 1. The van der Waals surface area contributed by atoms with E-state index in [-0.39, 0.29) is 11.8 Å². The summed E-state index contributed by atoms with van der Waals surface area (Å²) in [5.41, 5.74) is 3.44. The normalized spacial score (nSPS) is 22.1. The molecule has 22 heavy (non-hydrogen) atoms. The van der Waals surface area contributed by atoms with Gasteiger partial charge in [-0.2, -0.15) is 0 Å². The Kier molecular flexibility index (Phi) is 3.87. The van der Waals surface area contributed by atoms with Crippen LogP contribution in [-0.2, 0) is 0 Å². The fraction of sp³-hybridized carbons (Fsp3) is 0.444. The number of fused-ring (bicyclic) bond motifs is 1. The summed E-state index contributed by atoms with van der Waals surface area (Å²) >= 11 is 0. The second-order valence-electron chi connectivity index (χ2n) is 6.40. The van der Waals surface area contributed by atoms with Crippen molar-refractivity contribution in [1.29, 1.82) is 0 Å². The number of aryl methyl sites for hydroxylation is 2. The predicted molar refractivity (Wildman–Crippen MR) is 86.9 cm³/mol. The van der Waals surface area contributed by atoms with Gasteiger partial charge in [0.1, 0.15) is 0 Å². The van der Waals surface area contributed by atoms with Gasteiger partial charge >= 0.3 is 0 Å². The Morgan fingerprint density at radius 3 is 2.82 bits per heavy atom. The van der Waals surface area contributed by atoms with Crippen LogP contribution in [0.25, 0.3) is 10.9 Å². The molecule has 1 aliphatic heterocycles. The maximum Gasteiger partial charge on any atom is 0.255 e. The summed E-state index contributed by atoms with van der Waals surface area (Å²) in [4.78, 5) is 19.1. The topological polar surface area (TPSA) is 53.4 Å². The zero-order valence-corrected chi connectivity index (χ0v) is 13.3. The van der Waals surface area contributed by atoms with Crippen LogP contribution in [0.1, 0.15) is 35.0 Å². The fourth-order valence-electron chi connectivity index (χ4n) is 3.01. The molecule has 2 atom stereocenters. The number of rotatable bonds is 1. The van der Waals surface area contributed by atoms with Gasteiger partial charge in [0.05, 0.1) is 22.9 Å². The molecule has 2 aromatic rings. The average molecular weight is 298 g/mol. The van der Waals surface area contributed by atoms with Gasteiger partial charge in [-0.15, -0.1) is 0 Å². The summed E-state index contributed by atoms with van der Waals surface area (Å²) in [5.74, 6) is 0.224. The number of aliphatic hydroxyl groups excluding tert-OH is 1. The number of hydrogen-bond acceptors (Lipinski definition) is 3. The molecule has 4 nitrogen and oxygen atoms in total. The van der Waals surface area contributed by atoms with Crippen molar-refractivity contribution >= 4 is 16.8 Å². The molecule has 2 heterocycles. The monoisotopic (exact) mass is 298 g/mol.